The van der Waals surface area contributed by atoms with Gasteiger partial charge in [0.25, 0.3) is 0 Å². The second kappa shape index (κ2) is 5.37. The lowest BCUT2D eigenvalue weighted by Crippen LogP contribution is -2.31. The van der Waals surface area contributed by atoms with Crippen molar-refractivity contribution in [2.45, 2.75) is 10.5 Å². The number of carbonyl (C=O) groups excluding carboxylic acids is 1. The molecule has 9 heteroatoms. The number of alkyl halides is 4. The Morgan fingerprint density at radius 3 is 2.17 bits per heavy atom. The molecule has 0 aromatic heterocycles. The van der Waals surface area contributed by atoms with Gasteiger partial charge in [-0.1, -0.05) is 30.3 Å². The van der Waals surface area contributed by atoms with Gasteiger partial charge in [-0.25, -0.2) is 4.18 Å². The molecule has 4 nitrogen and oxygen atoms in total. The van der Waals surface area contributed by atoms with Crippen molar-refractivity contribution in [2.75, 3.05) is 0 Å². The van der Waals surface area contributed by atoms with E-state index in [1.54, 1.807) is 6.07 Å². The summed E-state index contributed by atoms with van der Waals surface area (Å²) >= 11 is 2.46. The third kappa shape index (κ3) is 3.53. The van der Waals surface area contributed by atoms with Crippen LogP contribution in [0.5, 0.6) is 0 Å². The fraction of sp³-hybridized carbons (Fsp3) is 0.222. The second-order valence-corrected chi connectivity index (χ2v) is 5.44. The van der Waals surface area contributed by atoms with E-state index < -0.39 is 26.4 Å². The molecule has 1 aromatic rings. The van der Waals surface area contributed by atoms with Crippen molar-refractivity contribution in [2.24, 2.45) is 0 Å². The van der Waals surface area contributed by atoms with E-state index in [4.69, 9.17) is 0 Å². The summed E-state index contributed by atoms with van der Waals surface area (Å²) in [5.74, 6) is -0.927. The summed E-state index contributed by atoms with van der Waals surface area (Å²) in [5.41, 5.74) is -5.55. The Morgan fingerprint density at radius 1 is 1.22 bits per heavy atom. The van der Waals surface area contributed by atoms with E-state index in [9.17, 15) is 26.4 Å². The van der Waals surface area contributed by atoms with Crippen molar-refractivity contribution in [3.05, 3.63) is 35.9 Å². The first-order chi connectivity index (χ1) is 8.15. The van der Waals surface area contributed by atoms with E-state index in [1.165, 1.54) is 24.3 Å². The van der Waals surface area contributed by atoms with Crippen molar-refractivity contribution in [1.29, 1.82) is 0 Å². The Morgan fingerprint density at radius 2 is 1.72 bits per heavy atom. The smallest absolute Gasteiger partial charge is 0.290 e. The molecule has 1 unspecified atom stereocenters. The molecule has 0 saturated heterocycles. The minimum absolute atomic E-state index is 0.0248. The summed E-state index contributed by atoms with van der Waals surface area (Å²) in [5, 5.41) is -1.92. The van der Waals surface area contributed by atoms with Crippen LogP contribution in [0.2, 0.25) is 0 Å². The van der Waals surface area contributed by atoms with Gasteiger partial charge in [0.1, 0.15) is 0 Å². The molecule has 0 heterocycles. The van der Waals surface area contributed by atoms with Crippen LogP contribution in [0.1, 0.15) is 10.4 Å². The van der Waals surface area contributed by atoms with Gasteiger partial charge >= 0.3 is 15.6 Å². The topological polar surface area (TPSA) is 60.4 Å². The normalized spacial score (nSPS) is 14.2. The van der Waals surface area contributed by atoms with E-state index in [0.29, 0.717) is 0 Å². The average molecular weight is 347 g/mol. The highest BCUT2D eigenvalue weighted by Gasteiger charge is 2.49. The highest BCUT2D eigenvalue weighted by atomic mass is 79.9. The van der Waals surface area contributed by atoms with Crippen LogP contribution in [0.4, 0.5) is 13.2 Å². The van der Waals surface area contributed by atoms with E-state index in [2.05, 4.69) is 20.1 Å². The van der Waals surface area contributed by atoms with Crippen molar-refractivity contribution in [3.8, 4) is 0 Å². The fourth-order valence-corrected chi connectivity index (χ4v) is 2.23. The summed E-state index contributed by atoms with van der Waals surface area (Å²) in [4.78, 5) is 11.5. The molecule has 0 amide bonds. The molecule has 0 N–H and O–H groups in total. The van der Waals surface area contributed by atoms with Crippen molar-refractivity contribution in [3.63, 3.8) is 0 Å². The molecule has 0 bridgehead atoms. The molecule has 1 rings (SSSR count). The molecule has 0 aliphatic carbocycles. The van der Waals surface area contributed by atoms with Gasteiger partial charge in [-0.05, 0) is 15.9 Å². The van der Waals surface area contributed by atoms with Crippen molar-refractivity contribution < 1.29 is 30.6 Å². The summed E-state index contributed by atoms with van der Waals surface area (Å²) in [6.45, 7) is 0. The summed E-state index contributed by atoms with van der Waals surface area (Å²) in [6.07, 6.45) is 0. The second-order valence-electron chi connectivity index (χ2n) is 3.04. The van der Waals surface area contributed by atoms with Gasteiger partial charge in [-0.15, -0.1) is 0 Å². The summed E-state index contributed by atoms with van der Waals surface area (Å²) in [7, 11) is -5.82. The Labute approximate surface area is 109 Å². The lowest BCUT2D eigenvalue weighted by molar-refractivity contribution is -0.0541. The van der Waals surface area contributed by atoms with Gasteiger partial charge in [-0.2, -0.15) is 21.6 Å². The maximum absolute atomic E-state index is 12.0. The zero-order valence-electron chi connectivity index (χ0n) is 8.52. The van der Waals surface area contributed by atoms with Crippen LogP contribution in [0, 0.1) is 0 Å². The van der Waals surface area contributed by atoms with Crippen LogP contribution in [-0.4, -0.2) is 24.7 Å². The highest BCUT2D eigenvalue weighted by Crippen LogP contribution is 2.27. The predicted octanol–water partition coefficient (Wildman–Crippen LogP) is 2.46. The molecular weight excluding hydrogens is 341 g/mol. The van der Waals surface area contributed by atoms with Crippen molar-refractivity contribution >= 4 is 31.8 Å². The molecule has 18 heavy (non-hydrogen) atoms. The van der Waals surface area contributed by atoms with Crippen LogP contribution < -0.4 is 0 Å². The van der Waals surface area contributed by atoms with Gasteiger partial charge in [-0.3, -0.25) is 4.79 Å². The van der Waals surface area contributed by atoms with Crippen molar-refractivity contribution in [1.82, 2.24) is 0 Å². The lowest BCUT2D eigenvalue weighted by atomic mass is 10.1. The third-order valence-electron chi connectivity index (χ3n) is 1.76. The van der Waals surface area contributed by atoms with E-state index in [1.807, 2.05) is 0 Å². The SMILES string of the molecule is O=C(c1ccccc1)C(Br)OS(=O)(=O)C(F)(F)F. The number of rotatable bonds is 4. The highest BCUT2D eigenvalue weighted by molar-refractivity contribution is 9.09. The van der Waals surface area contributed by atoms with E-state index >= 15 is 0 Å². The fourth-order valence-electron chi connectivity index (χ4n) is 0.943. The standard InChI is InChI=1S/C9H6BrF3O4S/c10-8(17-18(15,16)9(11,12)13)7(14)6-4-2-1-3-5-6/h1-5,8H. The van der Waals surface area contributed by atoms with E-state index in [0.717, 1.165) is 0 Å². The number of benzene rings is 1. The first-order valence-electron chi connectivity index (χ1n) is 4.38. The maximum Gasteiger partial charge on any atom is 0.523 e. The molecule has 0 fully saturated rings. The number of hydrogen-bond donors (Lipinski definition) is 0. The number of halogens is 4. The van der Waals surface area contributed by atoms with Crippen LogP contribution in [0.15, 0.2) is 30.3 Å². The van der Waals surface area contributed by atoms with Gasteiger partial charge in [0, 0.05) is 5.56 Å². The minimum Gasteiger partial charge on any atom is -0.290 e. The Kier molecular flexibility index (Phi) is 4.51. The largest absolute Gasteiger partial charge is 0.523 e. The molecule has 0 aliphatic rings. The number of carbonyl (C=O) groups is 1. The zero-order chi connectivity index (χ0) is 14.0. The number of ketones is 1. The van der Waals surface area contributed by atoms with Gasteiger partial charge in [0.15, 0.2) is 5.01 Å². The first-order valence-corrected chi connectivity index (χ1v) is 6.70. The average Bonchev–Trinajstić information content (AvgIpc) is 2.27. The van der Waals surface area contributed by atoms with E-state index in [-0.39, 0.29) is 5.56 Å². The quantitative estimate of drug-likeness (QED) is 0.363. The number of hydrogen-bond acceptors (Lipinski definition) is 4. The van der Waals surface area contributed by atoms with Gasteiger partial charge in [0.2, 0.25) is 5.78 Å². The monoisotopic (exact) mass is 346 g/mol. The Hall–Kier alpha value is -0.930. The predicted molar refractivity (Wildman–Crippen MR) is 59.5 cm³/mol. The minimum atomic E-state index is -5.82. The molecular formula is C9H6BrF3O4S. The zero-order valence-corrected chi connectivity index (χ0v) is 10.9. The van der Waals surface area contributed by atoms with Gasteiger partial charge in [0.05, 0.1) is 0 Å². The molecule has 0 aliphatic heterocycles. The molecule has 0 radical (unpaired) electrons. The molecule has 0 spiro atoms. The summed E-state index contributed by atoms with van der Waals surface area (Å²) < 4.78 is 61.1. The molecule has 1 atom stereocenters. The van der Waals surface area contributed by atoms with Gasteiger partial charge < -0.3 is 0 Å². The van der Waals surface area contributed by atoms with Crippen LogP contribution in [-0.2, 0) is 14.3 Å². The van der Waals surface area contributed by atoms with Crippen LogP contribution >= 0.6 is 15.9 Å². The molecule has 1 aromatic carbocycles. The number of Topliss-reactive ketones (excluding diaryl/α,β-unsaturated/α-hetero) is 1. The Balaban J connectivity index is 2.85. The first kappa shape index (κ1) is 15.1. The third-order valence-corrected chi connectivity index (χ3v) is 3.62. The lowest BCUT2D eigenvalue weighted by Gasteiger charge is -2.12. The maximum atomic E-state index is 12.0. The van der Waals surface area contributed by atoms with Crippen LogP contribution in [0.3, 0.4) is 0 Å². The molecule has 0 saturated carbocycles. The Bertz CT molecular complexity index is 526. The van der Waals surface area contributed by atoms with Crippen LogP contribution in [0.25, 0.3) is 0 Å². The molecule has 100 valence electrons. The summed E-state index contributed by atoms with van der Waals surface area (Å²) in [6, 6.07) is 7.18.